The maximum atomic E-state index is 12.6. The zero-order valence-electron chi connectivity index (χ0n) is 18.0. The van der Waals surface area contributed by atoms with Crippen molar-refractivity contribution < 1.29 is 19.4 Å². The number of rotatable bonds is 6. The Hall–Kier alpha value is -4.15. The highest BCUT2D eigenvalue weighted by molar-refractivity contribution is 7.19. The number of hydrogen-bond acceptors (Lipinski definition) is 5. The quantitative estimate of drug-likeness (QED) is 0.400. The lowest BCUT2D eigenvalue weighted by Gasteiger charge is -2.17. The van der Waals surface area contributed by atoms with Crippen molar-refractivity contribution in [2.45, 2.75) is 18.4 Å². The Balaban J connectivity index is 1.27. The Morgan fingerprint density at radius 1 is 1.03 bits per heavy atom. The number of hydrogen-bond donors (Lipinski definition) is 2. The van der Waals surface area contributed by atoms with Gasteiger partial charge in [0.05, 0.1) is 0 Å². The molecular weight excluding hydrogens is 448 g/mol. The number of carboxylic acids is 1. The molecule has 3 aromatic carbocycles. The Bertz CT molecular complexity index is 1410. The Morgan fingerprint density at radius 2 is 1.71 bits per heavy atom. The molecule has 6 nitrogen and oxygen atoms in total. The van der Waals surface area contributed by atoms with Gasteiger partial charge in [0.1, 0.15) is 23.6 Å². The van der Waals surface area contributed by atoms with Crippen molar-refractivity contribution in [2.24, 2.45) is 0 Å². The molecule has 1 heterocycles. The minimum atomic E-state index is -1.14. The average molecular weight is 469 g/mol. The number of nitriles is 1. The number of thiophene rings is 1. The van der Waals surface area contributed by atoms with E-state index >= 15 is 0 Å². The Kier molecular flexibility index (Phi) is 5.74. The number of fused-ring (bicyclic) bond motifs is 4. The minimum Gasteiger partial charge on any atom is -0.480 e. The van der Waals surface area contributed by atoms with Gasteiger partial charge in [-0.15, -0.1) is 11.3 Å². The lowest BCUT2D eigenvalue weighted by Crippen LogP contribution is -2.42. The second-order valence-electron chi connectivity index (χ2n) is 8.16. The molecule has 0 radical (unpaired) electrons. The van der Waals surface area contributed by atoms with E-state index in [1.54, 1.807) is 6.07 Å². The topological polar surface area (TPSA) is 99.4 Å². The van der Waals surface area contributed by atoms with Crippen molar-refractivity contribution in [1.29, 1.82) is 5.26 Å². The zero-order chi connectivity index (χ0) is 23.7. The molecular formula is C27H20N2O4S. The van der Waals surface area contributed by atoms with Gasteiger partial charge in [0, 0.05) is 17.0 Å². The molecule has 168 valence electrons. The summed E-state index contributed by atoms with van der Waals surface area (Å²) in [4.78, 5) is 25.0. The van der Waals surface area contributed by atoms with Gasteiger partial charge in [0.15, 0.2) is 0 Å². The summed E-state index contributed by atoms with van der Waals surface area (Å²) in [6, 6.07) is 24.4. The van der Waals surface area contributed by atoms with E-state index in [4.69, 9.17) is 10.00 Å². The molecule has 1 aliphatic rings. The third kappa shape index (κ3) is 4.12. The smallest absolute Gasteiger partial charge is 0.407 e. The summed E-state index contributed by atoms with van der Waals surface area (Å²) in [6.45, 7) is 0.115. The molecule has 7 heteroatoms. The molecule has 0 spiro atoms. The summed E-state index contributed by atoms with van der Waals surface area (Å²) in [5.41, 5.74) is 5.18. The minimum absolute atomic E-state index is 0.100. The van der Waals surface area contributed by atoms with Crippen LogP contribution in [-0.2, 0) is 16.0 Å². The summed E-state index contributed by atoms with van der Waals surface area (Å²) in [7, 11) is 0. The predicted octanol–water partition coefficient (Wildman–Crippen LogP) is 5.31. The van der Waals surface area contributed by atoms with Gasteiger partial charge < -0.3 is 15.2 Å². The molecule has 0 bridgehead atoms. The lowest BCUT2D eigenvalue weighted by molar-refractivity contribution is -0.139. The van der Waals surface area contributed by atoms with E-state index in [2.05, 4.69) is 23.5 Å². The van der Waals surface area contributed by atoms with Crippen LogP contribution in [0.15, 0.2) is 72.8 Å². The van der Waals surface area contributed by atoms with Crippen LogP contribution in [0.5, 0.6) is 0 Å². The largest absolute Gasteiger partial charge is 0.480 e. The van der Waals surface area contributed by atoms with Crippen LogP contribution in [0, 0.1) is 11.3 Å². The summed E-state index contributed by atoms with van der Waals surface area (Å²) in [6.07, 6.45) is -0.659. The van der Waals surface area contributed by atoms with E-state index in [1.807, 2.05) is 54.6 Å². The van der Waals surface area contributed by atoms with Gasteiger partial charge in [-0.3, -0.25) is 0 Å². The van der Waals surface area contributed by atoms with Crippen LogP contribution in [0.1, 0.15) is 27.5 Å². The molecule has 0 aliphatic heterocycles. The van der Waals surface area contributed by atoms with Crippen molar-refractivity contribution in [3.8, 4) is 17.2 Å². The highest BCUT2D eigenvalue weighted by Crippen LogP contribution is 2.44. The van der Waals surface area contributed by atoms with Crippen molar-refractivity contribution >= 4 is 33.5 Å². The van der Waals surface area contributed by atoms with Crippen LogP contribution in [0.3, 0.4) is 0 Å². The number of nitrogens with zero attached hydrogens (tertiary/aromatic N) is 1. The monoisotopic (exact) mass is 468 g/mol. The first kappa shape index (κ1) is 21.7. The Labute approximate surface area is 200 Å². The van der Waals surface area contributed by atoms with E-state index in [-0.39, 0.29) is 18.9 Å². The van der Waals surface area contributed by atoms with Gasteiger partial charge in [-0.25, -0.2) is 9.59 Å². The van der Waals surface area contributed by atoms with Gasteiger partial charge in [-0.1, -0.05) is 60.7 Å². The van der Waals surface area contributed by atoms with Crippen molar-refractivity contribution in [2.75, 3.05) is 6.61 Å². The fourth-order valence-corrected chi connectivity index (χ4v) is 5.40. The van der Waals surface area contributed by atoms with Crippen LogP contribution in [-0.4, -0.2) is 29.8 Å². The highest BCUT2D eigenvalue weighted by Gasteiger charge is 2.29. The summed E-state index contributed by atoms with van der Waals surface area (Å²) in [5.74, 6) is -1.24. The number of carbonyl (C=O) groups excluding carboxylic acids is 1. The van der Waals surface area contributed by atoms with E-state index < -0.39 is 18.1 Å². The SMILES string of the molecule is N#Cc1cc2ccc(C[C@H](NC(=O)OCC3c4ccccc4-c4ccccc43)C(=O)O)cc2s1. The molecule has 2 N–H and O–H groups in total. The number of benzene rings is 3. The first-order chi connectivity index (χ1) is 16.5. The zero-order valence-corrected chi connectivity index (χ0v) is 18.8. The first-order valence-electron chi connectivity index (χ1n) is 10.8. The Morgan fingerprint density at radius 3 is 2.35 bits per heavy atom. The van der Waals surface area contributed by atoms with E-state index in [0.717, 1.165) is 37.9 Å². The predicted molar refractivity (Wildman–Crippen MR) is 130 cm³/mol. The van der Waals surface area contributed by atoms with Crippen LogP contribution < -0.4 is 5.32 Å². The molecule has 5 rings (SSSR count). The second-order valence-corrected chi connectivity index (χ2v) is 9.24. The molecule has 0 fully saturated rings. The molecule has 1 amide bonds. The van der Waals surface area contributed by atoms with Gasteiger partial charge in [0.25, 0.3) is 0 Å². The molecule has 1 aliphatic carbocycles. The van der Waals surface area contributed by atoms with Crippen LogP contribution >= 0.6 is 11.3 Å². The maximum Gasteiger partial charge on any atom is 0.407 e. The number of carboxylic acid groups (broad SMARTS) is 1. The molecule has 1 atom stereocenters. The number of nitrogens with one attached hydrogen (secondary N) is 1. The maximum absolute atomic E-state index is 12.6. The number of amides is 1. The van der Waals surface area contributed by atoms with Gasteiger partial charge >= 0.3 is 12.1 Å². The second kappa shape index (κ2) is 9.00. The summed E-state index contributed by atoms with van der Waals surface area (Å²) >= 11 is 1.35. The van der Waals surface area contributed by atoms with Gasteiger partial charge in [-0.2, -0.15) is 5.26 Å². The fraction of sp³-hybridized carbons (Fsp3) is 0.148. The van der Waals surface area contributed by atoms with Crippen LogP contribution in [0.2, 0.25) is 0 Å². The average Bonchev–Trinajstić information content (AvgIpc) is 3.40. The number of aliphatic carboxylic acids is 1. The van der Waals surface area contributed by atoms with Crippen molar-refractivity contribution in [3.05, 3.63) is 94.4 Å². The van der Waals surface area contributed by atoms with Gasteiger partial charge in [-0.05, 0) is 45.3 Å². The third-order valence-electron chi connectivity index (χ3n) is 6.07. The molecule has 1 aromatic heterocycles. The highest BCUT2D eigenvalue weighted by atomic mass is 32.1. The van der Waals surface area contributed by atoms with Gasteiger partial charge in [0.2, 0.25) is 0 Å². The fourth-order valence-electron chi connectivity index (χ4n) is 4.48. The molecule has 4 aromatic rings. The van der Waals surface area contributed by atoms with Crippen LogP contribution in [0.25, 0.3) is 21.2 Å². The summed E-state index contributed by atoms with van der Waals surface area (Å²) < 4.78 is 6.40. The van der Waals surface area contributed by atoms with E-state index in [1.165, 1.54) is 11.3 Å². The first-order valence-corrected chi connectivity index (χ1v) is 11.6. The normalized spacial score (nSPS) is 13.0. The van der Waals surface area contributed by atoms with Crippen molar-refractivity contribution in [1.82, 2.24) is 5.32 Å². The number of carbonyl (C=O) groups is 2. The number of ether oxygens (including phenoxy) is 1. The molecule has 0 saturated carbocycles. The molecule has 0 saturated heterocycles. The lowest BCUT2D eigenvalue weighted by atomic mass is 9.98. The summed E-state index contributed by atoms with van der Waals surface area (Å²) in [5, 5.41) is 22.2. The number of alkyl carbamates (subject to hydrolysis) is 1. The van der Waals surface area contributed by atoms with Crippen LogP contribution in [0.4, 0.5) is 4.79 Å². The van der Waals surface area contributed by atoms with E-state index in [9.17, 15) is 14.7 Å². The third-order valence-corrected chi connectivity index (χ3v) is 7.07. The molecule has 0 unspecified atom stereocenters. The standard InChI is InChI=1S/C27H20N2O4S/c28-14-18-13-17-10-9-16(12-25(17)34-18)11-24(26(30)31)29-27(32)33-15-23-21-7-3-1-5-19(21)20-6-2-4-8-22(20)23/h1-10,12-13,23-24H,11,15H2,(H,29,32)(H,30,31)/t24-/m0/s1. The van der Waals surface area contributed by atoms with Crippen molar-refractivity contribution in [3.63, 3.8) is 0 Å². The molecule has 34 heavy (non-hydrogen) atoms. The van der Waals surface area contributed by atoms with E-state index in [0.29, 0.717) is 4.88 Å².